The summed E-state index contributed by atoms with van der Waals surface area (Å²) < 4.78 is 0. The molecule has 2 rings (SSSR count). The van der Waals surface area contributed by atoms with Gasteiger partial charge in [0.15, 0.2) is 0 Å². The third-order valence-electron chi connectivity index (χ3n) is 4.89. The lowest BCUT2D eigenvalue weighted by molar-refractivity contribution is 0.190. The summed E-state index contributed by atoms with van der Waals surface area (Å²) in [5, 5.41) is 5.99. The summed E-state index contributed by atoms with van der Waals surface area (Å²) in [5.74, 6) is 2.66. The van der Waals surface area contributed by atoms with Gasteiger partial charge >= 0.3 is 0 Å². The smallest absolute Gasteiger partial charge is 0.0359 e. The van der Waals surface area contributed by atoms with Crippen LogP contribution in [-0.4, -0.2) is 6.54 Å². The van der Waals surface area contributed by atoms with Crippen LogP contribution in [0.3, 0.4) is 0 Å². The lowest BCUT2D eigenvalue weighted by Gasteiger charge is -2.36. The van der Waals surface area contributed by atoms with Crippen LogP contribution in [0.4, 0.5) is 0 Å². The van der Waals surface area contributed by atoms with Crippen molar-refractivity contribution in [2.75, 3.05) is 6.54 Å². The average Bonchev–Trinajstić information content (AvgIpc) is 2.82. The molecule has 1 nitrogen and oxygen atoms in total. The maximum atomic E-state index is 3.75. The third kappa shape index (κ3) is 3.61. The van der Waals surface area contributed by atoms with Crippen LogP contribution in [0, 0.1) is 24.7 Å². The van der Waals surface area contributed by atoms with Crippen molar-refractivity contribution in [3.05, 3.63) is 21.9 Å². The Bertz CT molecular complexity index is 374. The van der Waals surface area contributed by atoms with Crippen molar-refractivity contribution in [3.8, 4) is 0 Å². The van der Waals surface area contributed by atoms with Gasteiger partial charge in [-0.1, -0.05) is 20.8 Å². The molecule has 108 valence electrons. The standard InChI is InChI=1S/C17H29NS/c1-5-18-17(16-10-11-19-13(16)4)15-8-6-14(7-9-15)12(2)3/h10-12,14-15,17-18H,5-9H2,1-4H3. The summed E-state index contributed by atoms with van der Waals surface area (Å²) >= 11 is 1.89. The summed E-state index contributed by atoms with van der Waals surface area (Å²) in [7, 11) is 0. The van der Waals surface area contributed by atoms with E-state index in [2.05, 4.69) is 44.5 Å². The fourth-order valence-electron chi connectivity index (χ4n) is 3.61. The molecule has 0 saturated heterocycles. The topological polar surface area (TPSA) is 12.0 Å². The summed E-state index contributed by atoms with van der Waals surface area (Å²) in [6, 6.07) is 2.92. The minimum Gasteiger partial charge on any atom is -0.310 e. The zero-order valence-corrected chi connectivity index (χ0v) is 13.7. The molecule has 1 unspecified atom stereocenters. The second-order valence-corrected chi connectivity index (χ2v) is 7.51. The number of rotatable bonds is 5. The number of hydrogen-bond donors (Lipinski definition) is 1. The van der Waals surface area contributed by atoms with Crippen molar-refractivity contribution in [1.82, 2.24) is 5.32 Å². The van der Waals surface area contributed by atoms with Crippen LogP contribution in [0.25, 0.3) is 0 Å². The highest BCUT2D eigenvalue weighted by Gasteiger charge is 2.30. The van der Waals surface area contributed by atoms with E-state index in [0.717, 1.165) is 24.3 Å². The van der Waals surface area contributed by atoms with Crippen molar-refractivity contribution in [2.24, 2.45) is 17.8 Å². The van der Waals surface area contributed by atoms with Gasteiger partial charge in [-0.15, -0.1) is 11.3 Å². The Morgan fingerprint density at radius 2 is 1.84 bits per heavy atom. The Hall–Kier alpha value is -0.340. The lowest BCUT2D eigenvalue weighted by Crippen LogP contribution is -2.31. The quantitative estimate of drug-likeness (QED) is 0.784. The number of aryl methyl sites for hydroxylation is 1. The van der Waals surface area contributed by atoms with Crippen LogP contribution in [-0.2, 0) is 0 Å². The van der Waals surface area contributed by atoms with Crippen LogP contribution in [0.2, 0.25) is 0 Å². The SMILES string of the molecule is CCNC(c1ccsc1C)C1CCC(C(C)C)CC1. The molecule has 0 bridgehead atoms. The average molecular weight is 279 g/mol. The van der Waals surface area contributed by atoms with Crippen LogP contribution < -0.4 is 5.32 Å². The fraction of sp³-hybridized carbons (Fsp3) is 0.765. The van der Waals surface area contributed by atoms with E-state index in [1.54, 1.807) is 5.56 Å². The Morgan fingerprint density at radius 1 is 1.21 bits per heavy atom. The largest absolute Gasteiger partial charge is 0.310 e. The minimum atomic E-state index is 0.587. The van der Waals surface area contributed by atoms with E-state index in [4.69, 9.17) is 0 Å². The summed E-state index contributed by atoms with van der Waals surface area (Å²) in [6.45, 7) is 10.3. The van der Waals surface area contributed by atoms with E-state index in [1.807, 2.05) is 11.3 Å². The van der Waals surface area contributed by atoms with Crippen LogP contribution in [0.5, 0.6) is 0 Å². The Labute approximate surface area is 122 Å². The predicted molar refractivity (Wildman–Crippen MR) is 85.8 cm³/mol. The van der Waals surface area contributed by atoms with Gasteiger partial charge in [-0.05, 0) is 73.9 Å². The maximum Gasteiger partial charge on any atom is 0.0359 e. The molecule has 1 N–H and O–H groups in total. The molecule has 1 atom stereocenters. The minimum absolute atomic E-state index is 0.587. The molecule has 1 aliphatic rings. The highest BCUT2D eigenvalue weighted by molar-refractivity contribution is 7.10. The molecular weight excluding hydrogens is 250 g/mol. The Kier molecular flexibility index (Phi) is 5.47. The van der Waals surface area contributed by atoms with Gasteiger partial charge in [0.2, 0.25) is 0 Å². The van der Waals surface area contributed by atoms with Crippen LogP contribution in [0.1, 0.15) is 62.9 Å². The van der Waals surface area contributed by atoms with E-state index in [9.17, 15) is 0 Å². The first-order chi connectivity index (χ1) is 9.13. The molecule has 1 fully saturated rings. The van der Waals surface area contributed by atoms with Crippen LogP contribution in [0.15, 0.2) is 11.4 Å². The summed E-state index contributed by atoms with van der Waals surface area (Å²) in [4.78, 5) is 1.50. The van der Waals surface area contributed by atoms with Gasteiger partial charge in [0.05, 0.1) is 0 Å². The number of hydrogen-bond acceptors (Lipinski definition) is 2. The summed E-state index contributed by atoms with van der Waals surface area (Å²) in [5.41, 5.74) is 1.56. The third-order valence-corrected chi connectivity index (χ3v) is 5.75. The van der Waals surface area contributed by atoms with Crippen molar-refractivity contribution in [1.29, 1.82) is 0 Å². The summed E-state index contributed by atoms with van der Waals surface area (Å²) in [6.07, 6.45) is 5.65. The second-order valence-electron chi connectivity index (χ2n) is 6.39. The molecule has 1 heterocycles. The van der Waals surface area contributed by atoms with Gasteiger partial charge < -0.3 is 5.32 Å². The molecule has 1 aromatic rings. The molecule has 1 saturated carbocycles. The molecule has 0 aliphatic heterocycles. The Balaban J connectivity index is 2.03. The molecule has 0 amide bonds. The van der Waals surface area contributed by atoms with Gasteiger partial charge in [-0.3, -0.25) is 0 Å². The van der Waals surface area contributed by atoms with Crippen LogP contribution >= 0.6 is 11.3 Å². The zero-order chi connectivity index (χ0) is 13.8. The molecule has 1 aliphatic carbocycles. The highest BCUT2D eigenvalue weighted by Crippen LogP contribution is 2.40. The maximum absolute atomic E-state index is 3.75. The van der Waals surface area contributed by atoms with Gasteiger partial charge in [-0.2, -0.15) is 0 Å². The normalized spacial score (nSPS) is 25.7. The van der Waals surface area contributed by atoms with Crippen molar-refractivity contribution in [2.45, 2.75) is 59.4 Å². The highest BCUT2D eigenvalue weighted by atomic mass is 32.1. The van der Waals surface area contributed by atoms with Gasteiger partial charge in [0.1, 0.15) is 0 Å². The first-order valence-corrected chi connectivity index (χ1v) is 8.78. The van der Waals surface area contributed by atoms with Crippen molar-refractivity contribution < 1.29 is 0 Å². The fourth-order valence-corrected chi connectivity index (χ4v) is 4.36. The predicted octanol–water partition coefficient (Wildman–Crippen LogP) is 5.17. The number of nitrogens with one attached hydrogen (secondary N) is 1. The molecule has 19 heavy (non-hydrogen) atoms. The van der Waals surface area contributed by atoms with E-state index >= 15 is 0 Å². The zero-order valence-electron chi connectivity index (χ0n) is 12.9. The molecule has 0 radical (unpaired) electrons. The first kappa shape index (κ1) is 15.1. The number of thiophene rings is 1. The monoisotopic (exact) mass is 279 g/mol. The van der Waals surface area contributed by atoms with Crippen molar-refractivity contribution in [3.63, 3.8) is 0 Å². The van der Waals surface area contributed by atoms with Crippen molar-refractivity contribution >= 4 is 11.3 Å². The van der Waals surface area contributed by atoms with Gasteiger partial charge in [0, 0.05) is 10.9 Å². The molecular formula is C17H29NS. The molecule has 1 aromatic heterocycles. The van der Waals surface area contributed by atoms with Gasteiger partial charge in [-0.25, -0.2) is 0 Å². The molecule has 0 spiro atoms. The Morgan fingerprint density at radius 3 is 2.32 bits per heavy atom. The van der Waals surface area contributed by atoms with Gasteiger partial charge in [0.25, 0.3) is 0 Å². The lowest BCUT2D eigenvalue weighted by atomic mass is 9.73. The molecule has 2 heteroatoms. The van der Waals surface area contributed by atoms with E-state index in [0.29, 0.717) is 6.04 Å². The van der Waals surface area contributed by atoms with E-state index in [-0.39, 0.29) is 0 Å². The second kappa shape index (κ2) is 6.90. The molecule has 0 aromatic carbocycles. The van der Waals surface area contributed by atoms with E-state index < -0.39 is 0 Å². The van der Waals surface area contributed by atoms with E-state index in [1.165, 1.54) is 30.6 Å². The first-order valence-electron chi connectivity index (χ1n) is 7.90.